The fourth-order valence-corrected chi connectivity index (χ4v) is 2.80. The minimum Gasteiger partial charge on any atom is -0.480 e. The third kappa shape index (κ3) is 4.16. The zero-order valence-electron chi connectivity index (χ0n) is 11.7. The second-order valence-electron chi connectivity index (χ2n) is 4.83. The average molecular weight is 303 g/mol. The molecule has 2 atom stereocenters. The summed E-state index contributed by atoms with van der Waals surface area (Å²) in [6, 6.07) is 12.1. The van der Waals surface area contributed by atoms with Crippen LogP contribution in [0.5, 0.6) is 0 Å². The maximum atomic E-state index is 12.2. The lowest BCUT2D eigenvalue weighted by molar-refractivity contribution is -0.141. The number of hydrogen-bond donors (Lipinski definition) is 2. The molecule has 0 aliphatic heterocycles. The number of carbonyl (C=O) groups excluding carboxylic acids is 1. The van der Waals surface area contributed by atoms with E-state index in [9.17, 15) is 14.7 Å². The number of nitrogens with one attached hydrogen (secondary N) is 1. The SMILES string of the molecule is CC(C(=O)N[C@H](Cc1ccccc1)C(=O)O)c1cccs1. The van der Waals surface area contributed by atoms with E-state index in [1.165, 1.54) is 11.3 Å². The van der Waals surface area contributed by atoms with Crippen LogP contribution in [0, 0.1) is 0 Å². The van der Waals surface area contributed by atoms with E-state index in [-0.39, 0.29) is 18.2 Å². The van der Waals surface area contributed by atoms with Crippen LogP contribution in [0.1, 0.15) is 23.3 Å². The number of amides is 1. The summed E-state index contributed by atoms with van der Waals surface area (Å²) in [6.45, 7) is 1.78. The first-order valence-electron chi connectivity index (χ1n) is 6.68. The molecular formula is C16H17NO3S. The van der Waals surface area contributed by atoms with E-state index in [1.807, 2.05) is 47.8 Å². The number of carboxylic acid groups (broad SMARTS) is 1. The standard InChI is InChI=1S/C16H17NO3S/c1-11(14-8-5-9-21-14)15(18)17-13(16(19)20)10-12-6-3-2-4-7-12/h2-9,11,13H,10H2,1H3,(H,17,18)(H,19,20)/t11?,13-/m1/s1. The van der Waals surface area contributed by atoms with Crippen LogP contribution in [0.25, 0.3) is 0 Å². The number of hydrogen-bond acceptors (Lipinski definition) is 3. The van der Waals surface area contributed by atoms with E-state index in [2.05, 4.69) is 5.32 Å². The van der Waals surface area contributed by atoms with Crippen molar-refractivity contribution in [3.05, 3.63) is 58.3 Å². The van der Waals surface area contributed by atoms with Gasteiger partial charge in [0.2, 0.25) is 5.91 Å². The number of rotatable bonds is 6. The quantitative estimate of drug-likeness (QED) is 0.862. The van der Waals surface area contributed by atoms with E-state index < -0.39 is 12.0 Å². The highest BCUT2D eigenvalue weighted by Gasteiger charge is 2.24. The van der Waals surface area contributed by atoms with E-state index in [0.717, 1.165) is 10.4 Å². The summed E-state index contributed by atoms with van der Waals surface area (Å²) in [5.41, 5.74) is 0.883. The Bertz CT molecular complexity index is 595. The van der Waals surface area contributed by atoms with E-state index in [0.29, 0.717) is 0 Å². The van der Waals surface area contributed by atoms with Crippen LogP contribution in [0.15, 0.2) is 47.8 Å². The zero-order chi connectivity index (χ0) is 15.2. The van der Waals surface area contributed by atoms with E-state index in [4.69, 9.17) is 0 Å². The third-order valence-corrected chi connectivity index (χ3v) is 4.32. The monoisotopic (exact) mass is 303 g/mol. The minimum absolute atomic E-state index is 0.263. The number of benzene rings is 1. The fraction of sp³-hybridized carbons (Fsp3) is 0.250. The predicted octanol–water partition coefficient (Wildman–Crippen LogP) is 2.66. The Morgan fingerprint density at radius 3 is 2.48 bits per heavy atom. The predicted molar refractivity (Wildman–Crippen MR) is 82.4 cm³/mol. The molecule has 5 heteroatoms. The molecule has 0 saturated heterocycles. The molecule has 0 aliphatic carbocycles. The van der Waals surface area contributed by atoms with Crippen molar-refractivity contribution < 1.29 is 14.7 Å². The molecule has 4 nitrogen and oxygen atoms in total. The van der Waals surface area contributed by atoms with Crippen LogP contribution in [0.3, 0.4) is 0 Å². The molecule has 110 valence electrons. The van der Waals surface area contributed by atoms with Crippen molar-refractivity contribution in [1.82, 2.24) is 5.32 Å². The van der Waals surface area contributed by atoms with Gasteiger partial charge in [-0.25, -0.2) is 4.79 Å². The Labute approximate surface area is 127 Å². The van der Waals surface area contributed by atoms with E-state index in [1.54, 1.807) is 6.92 Å². The Morgan fingerprint density at radius 2 is 1.90 bits per heavy atom. The molecule has 21 heavy (non-hydrogen) atoms. The van der Waals surface area contributed by atoms with Gasteiger partial charge in [-0.15, -0.1) is 11.3 Å². The van der Waals surface area contributed by atoms with Crippen molar-refractivity contribution in [1.29, 1.82) is 0 Å². The van der Waals surface area contributed by atoms with Gasteiger partial charge in [0.1, 0.15) is 6.04 Å². The molecular weight excluding hydrogens is 286 g/mol. The Kier molecular flexibility index (Phi) is 5.11. The average Bonchev–Trinajstić information content (AvgIpc) is 3.00. The van der Waals surface area contributed by atoms with Crippen molar-refractivity contribution in [3.63, 3.8) is 0 Å². The highest BCUT2D eigenvalue weighted by Crippen LogP contribution is 2.21. The molecule has 0 aliphatic rings. The molecule has 0 bridgehead atoms. The molecule has 2 aromatic rings. The Hall–Kier alpha value is -2.14. The molecule has 1 heterocycles. The highest BCUT2D eigenvalue weighted by atomic mass is 32.1. The molecule has 2 N–H and O–H groups in total. The van der Waals surface area contributed by atoms with Gasteiger partial charge in [0.05, 0.1) is 5.92 Å². The maximum Gasteiger partial charge on any atom is 0.326 e. The first-order chi connectivity index (χ1) is 10.1. The van der Waals surface area contributed by atoms with Gasteiger partial charge in [-0.3, -0.25) is 4.79 Å². The Balaban J connectivity index is 2.03. The summed E-state index contributed by atoms with van der Waals surface area (Å²) in [5.74, 6) is -1.63. The maximum absolute atomic E-state index is 12.2. The van der Waals surface area contributed by atoms with Crippen molar-refractivity contribution in [2.24, 2.45) is 0 Å². The topological polar surface area (TPSA) is 66.4 Å². The van der Waals surface area contributed by atoms with Crippen LogP contribution < -0.4 is 5.32 Å². The van der Waals surface area contributed by atoms with E-state index >= 15 is 0 Å². The molecule has 1 amide bonds. The van der Waals surface area contributed by atoms with Crippen molar-refractivity contribution in [2.45, 2.75) is 25.3 Å². The first kappa shape index (κ1) is 15.3. The van der Waals surface area contributed by atoms with Gasteiger partial charge < -0.3 is 10.4 Å². The number of thiophene rings is 1. The summed E-state index contributed by atoms with van der Waals surface area (Å²) < 4.78 is 0. The lowest BCUT2D eigenvalue weighted by atomic mass is 10.0. The Morgan fingerprint density at radius 1 is 1.19 bits per heavy atom. The summed E-state index contributed by atoms with van der Waals surface area (Å²) in [5, 5.41) is 13.8. The summed E-state index contributed by atoms with van der Waals surface area (Å²) >= 11 is 1.49. The lowest BCUT2D eigenvalue weighted by Gasteiger charge is -2.17. The molecule has 1 aromatic heterocycles. The summed E-state index contributed by atoms with van der Waals surface area (Å²) in [6.07, 6.45) is 0.277. The summed E-state index contributed by atoms with van der Waals surface area (Å²) in [4.78, 5) is 24.4. The molecule has 0 saturated carbocycles. The van der Waals surface area contributed by atoms with Crippen molar-refractivity contribution in [3.8, 4) is 0 Å². The van der Waals surface area contributed by atoms with Crippen LogP contribution in [0.4, 0.5) is 0 Å². The molecule has 2 rings (SSSR count). The highest BCUT2D eigenvalue weighted by molar-refractivity contribution is 7.10. The van der Waals surface area contributed by atoms with Crippen LogP contribution in [-0.2, 0) is 16.0 Å². The van der Waals surface area contributed by atoms with Crippen molar-refractivity contribution >= 4 is 23.2 Å². The minimum atomic E-state index is -1.02. The van der Waals surface area contributed by atoms with Gasteiger partial charge in [0, 0.05) is 11.3 Å². The normalized spacial score (nSPS) is 13.4. The smallest absolute Gasteiger partial charge is 0.326 e. The molecule has 1 unspecified atom stereocenters. The second kappa shape index (κ2) is 7.04. The van der Waals surface area contributed by atoms with Gasteiger partial charge in [-0.1, -0.05) is 36.4 Å². The second-order valence-corrected chi connectivity index (χ2v) is 5.81. The molecule has 0 spiro atoms. The number of aliphatic carboxylic acids is 1. The van der Waals surface area contributed by atoms with Crippen LogP contribution >= 0.6 is 11.3 Å². The van der Waals surface area contributed by atoms with Crippen LogP contribution in [0.2, 0.25) is 0 Å². The van der Waals surface area contributed by atoms with Gasteiger partial charge >= 0.3 is 5.97 Å². The largest absolute Gasteiger partial charge is 0.480 e. The van der Waals surface area contributed by atoms with Gasteiger partial charge in [-0.05, 0) is 23.9 Å². The zero-order valence-corrected chi connectivity index (χ0v) is 12.5. The number of carboxylic acids is 1. The van der Waals surface area contributed by atoms with Gasteiger partial charge in [-0.2, -0.15) is 0 Å². The molecule has 0 radical (unpaired) electrons. The van der Waals surface area contributed by atoms with Gasteiger partial charge in [0.25, 0.3) is 0 Å². The first-order valence-corrected chi connectivity index (χ1v) is 7.56. The third-order valence-electron chi connectivity index (χ3n) is 3.26. The van der Waals surface area contributed by atoms with Crippen LogP contribution in [-0.4, -0.2) is 23.0 Å². The van der Waals surface area contributed by atoms with Gasteiger partial charge in [0.15, 0.2) is 0 Å². The lowest BCUT2D eigenvalue weighted by Crippen LogP contribution is -2.43. The van der Waals surface area contributed by atoms with Crippen molar-refractivity contribution in [2.75, 3.05) is 0 Å². The number of carbonyl (C=O) groups is 2. The molecule has 1 aromatic carbocycles. The fourth-order valence-electron chi connectivity index (χ4n) is 2.01. The molecule has 0 fully saturated rings. The summed E-state index contributed by atoms with van der Waals surface area (Å²) in [7, 11) is 0.